The molecule has 0 unspecified atom stereocenters. The monoisotopic (exact) mass is 426 g/mol. The summed E-state index contributed by atoms with van der Waals surface area (Å²) in [6.45, 7) is 27.0. The summed E-state index contributed by atoms with van der Waals surface area (Å²) in [7, 11) is 0. The van der Waals surface area contributed by atoms with Crippen LogP contribution >= 0.6 is 0 Å². The van der Waals surface area contributed by atoms with E-state index in [1.165, 1.54) is 11.1 Å². The van der Waals surface area contributed by atoms with Gasteiger partial charge in [0.15, 0.2) is 0 Å². The molecule has 8 heteroatoms. The van der Waals surface area contributed by atoms with Crippen molar-refractivity contribution in [2.75, 3.05) is 0 Å². The van der Waals surface area contributed by atoms with Crippen molar-refractivity contribution < 1.29 is 62.6 Å². The van der Waals surface area contributed by atoms with Crippen molar-refractivity contribution in [2.24, 2.45) is 0 Å². The smallest absolute Gasteiger partial charge is 0 e. The number of hydrogen-bond acceptors (Lipinski definition) is 0. The Morgan fingerprint density at radius 2 is 0.500 bits per heavy atom. The molecule has 0 aliphatic carbocycles. The van der Waals surface area contributed by atoms with Crippen molar-refractivity contribution in [2.45, 2.75) is 0 Å². The molecule has 0 saturated carbocycles. The Morgan fingerprint density at radius 1 is 0.346 bits per heavy atom. The maximum absolute atomic E-state index is 7.50. The topological polar surface area (TPSA) is 119 Å². The molecule has 0 aliphatic rings. The molecular formula is C18H10Cr2O6. The fraction of sp³-hybridized carbons (Fsp3) is 0. The third kappa shape index (κ3) is 29.9. The van der Waals surface area contributed by atoms with E-state index in [1.54, 1.807) is 0 Å². The van der Waals surface area contributed by atoms with Gasteiger partial charge in [-0.15, -0.1) is 0 Å². The largest absolute Gasteiger partial charge is 0.0622 e. The van der Waals surface area contributed by atoms with Crippen LogP contribution in [0.15, 0.2) is 60.7 Å². The summed E-state index contributed by atoms with van der Waals surface area (Å²) < 4.78 is 45.0. The summed E-state index contributed by atoms with van der Waals surface area (Å²) in [4.78, 5) is 0. The van der Waals surface area contributed by atoms with Crippen LogP contribution < -0.4 is 0 Å². The van der Waals surface area contributed by atoms with Gasteiger partial charge in [-0.05, 0) is 11.1 Å². The summed E-state index contributed by atoms with van der Waals surface area (Å²) in [5.41, 5.74) is 2.55. The van der Waals surface area contributed by atoms with Crippen LogP contribution in [0.25, 0.3) is 11.1 Å². The molecule has 0 spiro atoms. The van der Waals surface area contributed by atoms with Gasteiger partial charge in [-0.1, -0.05) is 60.7 Å². The van der Waals surface area contributed by atoms with Crippen LogP contribution in [0.5, 0.6) is 0 Å². The van der Waals surface area contributed by atoms with Gasteiger partial charge in [-0.3, -0.25) is 0 Å². The molecule has 0 amide bonds. The van der Waals surface area contributed by atoms with E-state index in [4.69, 9.17) is 27.9 Å². The van der Waals surface area contributed by atoms with Crippen LogP contribution in [0.3, 0.4) is 0 Å². The Morgan fingerprint density at radius 3 is 0.654 bits per heavy atom. The fourth-order valence-electron chi connectivity index (χ4n) is 1.26. The zero-order valence-electron chi connectivity index (χ0n) is 13.0. The Bertz CT molecular complexity index is 503. The molecule has 0 atom stereocenters. The molecule has 0 saturated heterocycles. The predicted molar refractivity (Wildman–Crippen MR) is 75.5 cm³/mol. The molecule has 2 aromatic rings. The normalized spacial score (nSPS) is 4.92. The van der Waals surface area contributed by atoms with Gasteiger partial charge >= 0.3 is 67.8 Å². The Kier molecular flexibility index (Phi) is 96.0. The van der Waals surface area contributed by atoms with Gasteiger partial charge in [-0.25, -0.2) is 0 Å². The molecule has 0 heterocycles. The first kappa shape index (κ1) is 43.9. The van der Waals surface area contributed by atoms with Crippen LogP contribution in [0.4, 0.5) is 0 Å². The van der Waals surface area contributed by atoms with E-state index in [-0.39, 0.29) is 34.7 Å². The first-order valence-electron chi connectivity index (χ1n) is 5.30. The summed E-state index contributed by atoms with van der Waals surface area (Å²) in [5, 5.41) is 0. The molecule has 26 heavy (non-hydrogen) atoms. The summed E-state index contributed by atoms with van der Waals surface area (Å²) in [5.74, 6) is 0. The molecule has 0 N–H and O–H groups in total. The van der Waals surface area contributed by atoms with Crippen molar-refractivity contribution in [1.29, 1.82) is 0 Å². The van der Waals surface area contributed by atoms with Gasteiger partial charge in [0.2, 0.25) is 0 Å². The second-order valence-electron chi connectivity index (χ2n) is 2.73. The van der Waals surface area contributed by atoms with E-state index in [0.29, 0.717) is 0 Å². The zero-order valence-corrected chi connectivity index (χ0v) is 15.6. The zero-order chi connectivity index (χ0) is 20.2. The Labute approximate surface area is 174 Å². The van der Waals surface area contributed by atoms with Crippen LogP contribution in [0.1, 0.15) is 0 Å². The number of hydrogen-bond donors (Lipinski definition) is 0. The molecule has 2 aromatic carbocycles. The minimum Gasteiger partial charge on any atom is -0.0622 e. The first-order chi connectivity index (χ1) is 12.0. The van der Waals surface area contributed by atoms with Crippen molar-refractivity contribution in [3.63, 3.8) is 0 Å². The van der Waals surface area contributed by atoms with Crippen LogP contribution in [-0.2, 0) is 62.6 Å². The van der Waals surface area contributed by atoms with Crippen LogP contribution in [0.2, 0.25) is 0 Å². The van der Waals surface area contributed by atoms with Crippen molar-refractivity contribution in [3.8, 4) is 11.1 Å². The summed E-state index contributed by atoms with van der Waals surface area (Å²) in [6.07, 6.45) is 0. The molecule has 0 radical (unpaired) electrons. The van der Waals surface area contributed by atoms with Gasteiger partial charge in [0.1, 0.15) is 0 Å². The minimum atomic E-state index is 0. The third-order valence-corrected chi connectivity index (χ3v) is 1.88. The Hall–Kier alpha value is -2.06. The van der Waals surface area contributed by atoms with Crippen LogP contribution in [0, 0.1) is 39.9 Å². The molecule has 2 rings (SSSR count). The first-order valence-corrected chi connectivity index (χ1v) is 5.30. The van der Waals surface area contributed by atoms with Gasteiger partial charge < -0.3 is 0 Å². The minimum absolute atomic E-state index is 0. The molecular weight excluding hydrogens is 416 g/mol. The van der Waals surface area contributed by atoms with E-state index in [0.717, 1.165) is 0 Å². The quantitative estimate of drug-likeness (QED) is 0.492. The van der Waals surface area contributed by atoms with Gasteiger partial charge in [0, 0.05) is 34.7 Å². The third-order valence-electron chi connectivity index (χ3n) is 1.88. The fourth-order valence-corrected chi connectivity index (χ4v) is 1.26. The van der Waals surface area contributed by atoms with E-state index in [2.05, 4.69) is 88.4 Å². The van der Waals surface area contributed by atoms with E-state index in [1.807, 2.05) is 12.1 Å². The molecule has 0 aliphatic heterocycles. The van der Waals surface area contributed by atoms with Gasteiger partial charge in [0.05, 0.1) is 0 Å². The van der Waals surface area contributed by atoms with E-state index in [9.17, 15) is 0 Å². The molecule has 0 aromatic heterocycles. The standard InChI is InChI=1S/C12H10.6CO.2Cr/c1-3-7-11(8-4-1)12-9-5-2-6-10-12;6*1-2;;/h1-10H;;;;;;;;. The van der Waals surface area contributed by atoms with Gasteiger partial charge in [0.25, 0.3) is 0 Å². The molecule has 6 nitrogen and oxygen atoms in total. The van der Waals surface area contributed by atoms with Crippen molar-refractivity contribution >= 4 is 0 Å². The molecule has 0 bridgehead atoms. The Balaban J connectivity index is -0.0000000448. The molecule has 130 valence electrons. The second-order valence-corrected chi connectivity index (χ2v) is 2.73. The average Bonchev–Trinajstić information content (AvgIpc) is 2.78. The maximum Gasteiger partial charge on any atom is 0 e. The maximum atomic E-state index is 7.50. The molecule has 0 fully saturated rings. The van der Waals surface area contributed by atoms with Crippen molar-refractivity contribution in [1.82, 2.24) is 0 Å². The van der Waals surface area contributed by atoms with Crippen LogP contribution in [-0.4, -0.2) is 0 Å². The van der Waals surface area contributed by atoms with Gasteiger partial charge in [-0.2, -0.15) is 0 Å². The second kappa shape index (κ2) is 56.8. The van der Waals surface area contributed by atoms with Crippen molar-refractivity contribution in [3.05, 3.63) is 101 Å². The SMILES string of the molecule is [C-]#[O+].[C-]#[O+].[C-]#[O+].[C-]#[O+].[C-]#[O+].[C-]#[O+].[Cr].[Cr].c1ccc(-c2ccccc2)cc1. The van der Waals surface area contributed by atoms with E-state index >= 15 is 0 Å². The number of rotatable bonds is 1. The summed E-state index contributed by atoms with van der Waals surface area (Å²) in [6, 6.07) is 20.8. The summed E-state index contributed by atoms with van der Waals surface area (Å²) >= 11 is 0. The predicted octanol–water partition coefficient (Wildman–Crippen LogP) is 3.12. The average molecular weight is 426 g/mol. The van der Waals surface area contributed by atoms with E-state index < -0.39 is 0 Å². The number of benzene rings is 2.